The van der Waals surface area contributed by atoms with E-state index in [1.165, 1.54) is 11.8 Å². The zero-order valence-electron chi connectivity index (χ0n) is 24.2. The van der Waals surface area contributed by atoms with Gasteiger partial charge in [0, 0.05) is 27.4 Å². The summed E-state index contributed by atoms with van der Waals surface area (Å²) in [6.45, 7) is 18.8. The molecule has 4 aromatic rings. The molecule has 0 saturated carbocycles. The third kappa shape index (κ3) is 5.08. The monoisotopic (exact) mass is 513 g/mol. The van der Waals surface area contributed by atoms with Gasteiger partial charge in [-0.05, 0) is 126 Å². The number of aromatic amines is 1. The second-order valence-corrected chi connectivity index (χ2v) is 10.8. The van der Waals surface area contributed by atoms with Gasteiger partial charge in [0.2, 0.25) is 0 Å². The highest BCUT2D eigenvalue weighted by Gasteiger charge is 2.21. The summed E-state index contributed by atoms with van der Waals surface area (Å²) in [5.41, 5.74) is 11.6. The molecule has 0 atom stereocenters. The highest BCUT2D eigenvalue weighted by molar-refractivity contribution is 7.99. The summed E-state index contributed by atoms with van der Waals surface area (Å²) in [6.07, 6.45) is 2.04. The summed E-state index contributed by atoms with van der Waals surface area (Å²) in [5, 5.41) is 11.7. The van der Waals surface area contributed by atoms with E-state index in [4.69, 9.17) is 1.37 Å². The van der Waals surface area contributed by atoms with E-state index in [1.54, 1.807) is 0 Å². The molecule has 0 aliphatic carbocycles. The van der Waals surface area contributed by atoms with Gasteiger partial charge in [-0.1, -0.05) is 17.8 Å². The fourth-order valence-electron chi connectivity index (χ4n) is 4.54. The van der Waals surface area contributed by atoms with E-state index in [0.717, 1.165) is 71.2 Å². The number of aryl methyl sites for hydroxylation is 4. The normalized spacial score (nSPS) is 12.2. The lowest BCUT2D eigenvalue weighted by Gasteiger charge is -2.18. The molecule has 0 radical (unpaired) electrons. The fourth-order valence-corrected chi connectivity index (χ4v) is 5.80. The van der Waals surface area contributed by atoms with E-state index < -0.39 is 0 Å². The number of rotatable bonds is 6. The number of carbonyl (C=O) groups is 1. The Morgan fingerprint density at radius 1 is 1.03 bits per heavy atom. The lowest BCUT2D eigenvalue weighted by atomic mass is 9.98. The minimum atomic E-state index is -0.0814. The topological polar surface area (TPSA) is 70.7 Å². The van der Waals surface area contributed by atoms with Gasteiger partial charge in [0.1, 0.15) is 0 Å². The molecule has 2 N–H and O–H groups in total. The first-order valence-corrected chi connectivity index (χ1v) is 13.4. The van der Waals surface area contributed by atoms with Gasteiger partial charge in [-0.25, -0.2) is 0 Å². The molecule has 1 amide bonds. The summed E-state index contributed by atoms with van der Waals surface area (Å²) >= 11 is 1.49. The minimum absolute atomic E-state index is 0.0814. The van der Waals surface area contributed by atoms with Crippen LogP contribution in [0, 0.1) is 48.5 Å². The van der Waals surface area contributed by atoms with E-state index in [-0.39, 0.29) is 5.91 Å². The summed E-state index contributed by atoms with van der Waals surface area (Å²) in [7, 11) is 0. The van der Waals surface area contributed by atoms with Crippen molar-refractivity contribution in [2.45, 2.75) is 72.1 Å². The Kier molecular flexibility index (Phi) is 7.20. The number of allylic oxidation sites excluding steroid dienone is 1. The second kappa shape index (κ2) is 10.5. The number of hydrogen-bond donors (Lipinski definition) is 2. The smallest absolute Gasteiger partial charge is 0.252 e. The number of amides is 1. The van der Waals surface area contributed by atoms with Gasteiger partial charge in [0.25, 0.3) is 5.91 Å². The van der Waals surface area contributed by atoms with E-state index in [1.807, 2.05) is 39.8 Å². The van der Waals surface area contributed by atoms with Gasteiger partial charge in [0.05, 0.1) is 23.8 Å². The van der Waals surface area contributed by atoms with Gasteiger partial charge in [-0.15, -0.1) is 0 Å². The SMILES string of the molecule is [2H]c1c(Sc2cc(C)c(C)c(C)c2C(=O)NCC)c(C)c(C)c2c(/C(C)=C/c3ccc(C)c(C)n3)n[nH]c12. The van der Waals surface area contributed by atoms with Crippen molar-refractivity contribution in [2.75, 3.05) is 6.54 Å². The van der Waals surface area contributed by atoms with Crippen LogP contribution in [0.15, 0.2) is 34.0 Å². The molecule has 0 bridgehead atoms. The van der Waals surface area contributed by atoms with E-state index >= 15 is 0 Å². The van der Waals surface area contributed by atoms with Crippen molar-refractivity contribution in [3.8, 4) is 0 Å². The van der Waals surface area contributed by atoms with E-state index in [0.29, 0.717) is 23.7 Å². The summed E-state index contributed by atoms with van der Waals surface area (Å²) in [6, 6.07) is 6.55. The molecule has 192 valence electrons. The Morgan fingerprint density at radius 2 is 1.76 bits per heavy atom. The number of H-pyrrole nitrogens is 1. The molecule has 4 rings (SSSR count). The van der Waals surface area contributed by atoms with Crippen LogP contribution in [0.25, 0.3) is 22.6 Å². The third-order valence-electron chi connectivity index (χ3n) is 7.29. The van der Waals surface area contributed by atoms with Crippen LogP contribution in [0.5, 0.6) is 0 Å². The summed E-state index contributed by atoms with van der Waals surface area (Å²) in [5.74, 6) is -0.0814. The lowest BCUT2D eigenvalue weighted by molar-refractivity contribution is 0.0952. The maximum Gasteiger partial charge on any atom is 0.252 e. The largest absolute Gasteiger partial charge is 0.352 e. The summed E-state index contributed by atoms with van der Waals surface area (Å²) in [4.78, 5) is 19.4. The molecule has 0 unspecified atom stereocenters. The first-order chi connectivity index (χ1) is 18.0. The Labute approximate surface area is 225 Å². The third-order valence-corrected chi connectivity index (χ3v) is 8.45. The van der Waals surface area contributed by atoms with Crippen molar-refractivity contribution in [2.24, 2.45) is 0 Å². The molecule has 2 aromatic carbocycles. The van der Waals surface area contributed by atoms with Crippen LogP contribution >= 0.6 is 11.8 Å². The Hall–Kier alpha value is -3.38. The molecule has 37 heavy (non-hydrogen) atoms. The number of carbonyl (C=O) groups excluding carboxylic acids is 1. The van der Waals surface area contributed by atoms with Crippen molar-refractivity contribution < 1.29 is 6.17 Å². The standard InChI is InChI=1S/C31H36N4OS/c1-10-32-31(36)29-21(7)19(5)17(3)14-27(29)37-26-15-25-28(22(8)20(26)6)30(35-34-25)18(4)13-24-12-11-16(2)23(9)33-24/h11-15H,10H2,1-9H3,(H,32,36)(H,34,35)/b18-13+/i15D. The van der Waals surface area contributed by atoms with Crippen LogP contribution < -0.4 is 5.32 Å². The molecular weight excluding hydrogens is 476 g/mol. The quantitative estimate of drug-likeness (QED) is 0.279. The molecule has 0 saturated heterocycles. The van der Waals surface area contributed by atoms with Gasteiger partial charge >= 0.3 is 0 Å². The number of pyridine rings is 1. The van der Waals surface area contributed by atoms with Crippen LogP contribution in [0.1, 0.15) is 76.0 Å². The number of benzene rings is 2. The number of aromatic nitrogens is 3. The molecule has 2 heterocycles. The van der Waals surface area contributed by atoms with Crippen molar-refractivity contribution in [3.63, 3.8) is 0 Å². The molecule has 0 aliphatic heterocycles. The van der Waals surface area contributed by atoms with E-state index in [2.05, 4.69) is 67.2 Å². The second-order valence-electron chi connectivity index (χ2n) is 9.77. The van der Waals surface area contributed by atoms with Crippen molar-refractivity contribution in [3.05, 3.63) is 80.3 Å². The van der Waals surface area contributed by atoms with Gasteiger partial charge in [-0.2, -0.15) is 5.10 Å². The van der Waals surface area contributed by atoms with Crippen molar-refractivity contribution in [1.29, 1.82) is 0 Å². The van der Waals surface area contributed by atoms with Gasteiger partial charge in [-0.3, -0.25) is 14.9 Å². The van der Waals surface area contributed by atoms with Crippen LogP contribution in [0.4, 0.5) is 0 Å². The molecule has 0 aliphatic rings. The molecule has 6 heteroatoms. The predicted molar refractivity (Wildman–Crippen MR) is 156 cm³/mol. The van der Waals surface area contributed by atoms with Crippen LogP contribution in [-0.4, -0.2) is 27.6 Å². The maximum absolute atomic E-state index is 13.1. The first-order valence-electron chi connectivity index (χ1n) is 13.1. The predicted octanol–water partition coefficient (Wildman–Crippen LogP) is 7.58. The minimum Gasteiger partial charge on any atom is -0.352 e. The lowest BCUT2D eigenvalue weighted by Crippen LogP contribution is -2.24. The number of nitrogens with one attached hydrogen (secondary N) is 2. The Balaban J connectivity index is 1.84. The number of nitrogens with zero attached hydrogens (tertiary/aromatic N) is 2. The van der Waals surface area contributed by atoms with Crippen LogP contribution in [0.3, 0.4) is 0 Å². The number of fused-ring (bicyclic) bond motifs is 1. The van der Waals surface area contributed by atoms with Gasteiger partial charge in [0.15, 0.2) is 0 Å². The van der Waals surface area contributed by atoms with Crippen LogP contribution in [0.2, 0.25) is 0 Å². The molecule has 5 nitrogen and oxygen atoms in total. The number of hydrogen-bond acceptors (Lipinski definition) is 4. The van der Waals surface area contributed by atoms with Gasteiger partial charge < -0.3 is 5.32 Å². The average Bonchev–Trinajstić information content (AvgIpc) is 3.32. The maximum atomic E-state index is 13.1. The first kappa shape index (κ1) is 25.3. The van der Waals surface area contributed by atoms with Crippen molar-refractivity contribution in [1.82, 2.24) is 20.5 Å². The summed E-state index contributed by atoms with van der Waals surface area (Å²) < 4.78 is 9.14. The highest BCUT2D eigenvalue weighted by Crippen LogP contribution is 2.40. The molecule has 0 fully saturated rings. The van der Waals surface area contributed by atoms with E-state index in [9.17, 15) is 4.79 Å². The molecular formula is C31H36N4OS. The van der Waals surface area contributed by atoms with Crippen LogP contribution in [-0.2, 0) is 0 Å². The Bertz CT molecular complexity index is 1620. The molecule has 0 spiro atoms. The highest BCUT2D eigenvalue weighted by atomic mass is 32.2. The molecule has 2 aromatic heterocycles. The Morgan fingerprint density at radius 3 is 2.43 bits per heavy atom. The zero-order valence-corrected chi connectivity index (χ0v) is 24.0. The van der Waals surface area contributed by atoms with Crippen molar-refractivity contribution >= 4 is 40.2 Å². The fraction of sp³-hybridized carbons (Fsp3) is 0.323. The average molecular weight is 514 g/mol. The zero-order chi connectivity index (χ0) is 27.9.